The molecule has 0 bridgehead atoms. The normalized spacial score (nSPS) is 10.3. The number of rotatable bonds is 3. The highest BCUT2D eigenvalue weighted by molar-refractivity contribution is 5.96. The third kappa shape index (κ3) is 1.38. The molecule has 0 saturated heterocycles. The highest BCUT2D eigenvalue weighted by atomic mass is 16.6. The van der Waals surface area contributed by atoms with Gasteiger partial charge in [-0.3, -0.25) is 14.9 Å². The van der Waals surface area contributed by atoms with Crippen LogP contribution in [0.1, 0.15) is 10.5 Å². The molecule has 0 amide bonds. The predicted octanol–water partition coefficient (Wildman–Crippen LogP) is 1.29. The van der Waals surface area contributed by atoms with Crippen molar-refractivity contribution in [1.29, 1.82) is 0 Å². The largest absolute Gasteiger partial charge is 0.481 e. The Kier molecular flexibility index (Phi) is 2.28. The topological polar surface area (TPSA) is 98.1 Å². The summed E-state index contributed by atoms with van der Waals surface area (Å²) in [4.78, 5) is 27.4. The van der Waals surface area contributed by atoms with Gasteiger partial charge in [-0.15, -0.1) is 0 Å². The minimum absolute atomic E-state index is 0.0965. The summed E-state index contributed by atoms with van der Waals surface area (Å²) in [7, 11) is 1.41. The van der Waals surface area contributed by atoms with Crippen LogP contribution in [0.2, 0.25) is 0 Å². The number of aldehydes is 1. The van der Waals surface area contributed by atoms with Crippen LogP contribution < -0.4 is 4.74 Å². The number of hydrogen-bond donors (Lipinski definition) is 1. The Labute approximate surface area is 89.2 Å². The van der Waals surface area contributed by atoms with Gasteiger partial charge in [0.2, 0.25) is 5.88 Å². The summed E-state index contributed by atoms with van der Waals surface area (Å²) in [5.74, 6) is 0.257. The lowest BCUT2D eigenvalue weighted by molar-refractivity contribution is -0.383. The molecule has 0 fully saturated rings. The Hall–Kier alpha value is -2.44. The summed E-state index contributed by atoms with van der Waals surface area (Å²) in [6.45, 7) is 0. The quantitative estimate of drug-likeness (QED) is 0.478. The number of aromatic amines is 1. The van der Waals surface area contributed by atoms with Gasteiger partial charge in [-0.1, -0.05) is 0 Å². The fraction of sp³-hybridized carbons (Fsp3) is 0.111. The average Bonchev–Trinajstić information content (AvgIpc) is 2.65. The Morgan fingerprint density at radius 2 is 2.31 bits per heavy atom. The van der Waals surface area contributed by atoms with E-state index in [4.69, 9.17) is 4.74 Å². The summed E-state index contributed by atoms with van der Waals surface area (Å²) in [6.07, 6.45) is 0.395. The van der Waals surface area contributed by atoms with E-state index in [-0.39, 0.29) is 22.8 Å². The number of H-pyrrole nitrogens is 1. The van der Waals surface area contributed by atoms with Crippen molar-refractivity contribution in [2.45, 2.75) is 0 Å². The fourth-order valence-electron chi connectivity index (χ4n) is 1.44. The minimum Gasteiger partial charge on any atom is -0.481 e. The molecule has 82 valence electrons. The van der Waals surface area contributed by atoms with Gasteiger partial charge in [-0.25, -0.2) is 4.98 Å². The molecule has 2 heterocycles. The van der Waals surface area contributed by atoms with E-state index in [0.29, 0.717) is 11.8 Å². The zero-order valence-electron chi connectivity index (χ0n) is 8.26. The first-order valence-electron chi connectivity index (χ1n) is 4.33. The van der Waals surface area contributed by atoms with Crippen LogP contribution in [-0.2, 0) is 0 Å². The summed E-state index contributed by atoms with van der Waals surface area (Å²) in [5.41, 5.74) is 0.116. The number of methoxy groups -OCH3 is 1. The Morgan fingerprint density at radius 1 is 1.56 bits per heavy atom. The second-order valence-corrected chi connectivity index (χ2v) is 3.01. The first kappa shape index (κ1) is 10.1. The maximum Gasteiger partial charge on any atom is 0.323 e. The highest BCUT2D eigenvalue weighted by Gasteiger charge is 2.23. The Morgan fingerprint density at radius 3 is 2.88 bits per heavy atom. The van der Waals surface area contributed by atoms with Crippen molar-refractivity contribution >= 4 is 23.0 Å². The summed E-state index contributed by atoms with van der Waals surface area (Å²) >= 11 is 0. The van der Waals surface area contributed by atoms with Crippen molar-refractivity contribution in [3.05, 3.63) is 27.9 Å². The number of carbonyl (C=O) groups excluding carboxylic acids is 1. The molecule has 0 aliphatic heterocycles. The molecular weight excluding hydrogens is 214 g/mol. The van der Waals surface area contributed by atoms with Crippen LogP contribution in [0.4, 0.5) is 5.69 Å². The maximum atomic E-state index is 10.8. The molecule has 2 rings (SSSR count). The van der Waals surface area contributed by atoms with E-state index in [2.05, 4.69) is 9.97 Å². The van der Waals surface area contributed by atoms with Crippen molar-refractivity contribution in [2.24, 2.45) is 0 Å². The highest BCUT2D eigenvalue weighted by Crippen LogP contribution is 2.28. The fourth-order valence-corrected chi connectivity index (χ4v) is 1.44. The average molecular weight is 221 g/mol. The van der Waals surface area contributed by atoms with Gasteiger partial charge in [-0.05, 0) is 6.07 Å². The van der Waals surface area contributed by atoms with Crippen molar-refractivity contribution in [3.8, 4) is 5.88 Å². The van der Waals surface area contributed by atoms with Gasteiger partial charge >= 0.3 is 5.69 Å². The first-order chi connectivity index (χ1) is 7.67. The number of aromatic nitrogens is 2. The molecule has 0 aliphatic carbocycles. The second-order valence-electron chi connectivity index (χ2n) is 3.01. The van der Waals surface area contributed by atoms with Crippen LogP contribution in [0.15, 0.2) is 12.1 Å². The molecule has 0 saturated carbocycles. The van der Waals surface area contributed by atoms with E-state index in [1.54, 1.807) is 12.1 Å². The Balaban J connectivity index is 2.80. The number of ether oxygens (including phenoxy) is 1. The van der Waals surface area contributed by atoms with E-state index in [9.17, 15) is 14.9 Å². The number of fused-ring (bicyclic) bond motifs is 1. The Bertz CT molecular complexity index is 575. The lowest BCUT2D eigenvalue weighted by Gasteiger charge is -1.96. The maximum absolute atomic E-state index is 10.8. The number of pyridine rings is 1. The van der Waals surface area contributed by atoms with Crippen LogP contribution in [-0.4, -0.2) is 28.3 Å². The molecular formula is C9H7N3O4. The van der Waals surface area contributed by atoms with Gasteiger partial charge in [0.05, 0.1) is 17.5 Å². The number of nitrogens with zero attached hydrogens (tertiary/aromatic N) is 2. The van der Waals surface area contributed by atoms with Crippen LogP contribution in [0.25, 0.3) is 11.0 Å². The lowest BCUT2D eigenvalue weighted by Crippen LogP contribution is -1.93. The van der Waals surface area contributed by atoms with Crippen molar-refractivity contribution in [1.82, 2.24) is 9.97 Å². The van der Waals surface area contributed by atoms with Crippen molar-refractivity contribution in [2.75, 3.05) is 7.11 Å². The van der Waals surface area contributed by atoms with Crippen LogP contribution >= 0.6 is 0 Å². The summed E-state index contributed by atoms with van der Waals surface area (Å²) in [6, 6.07) is 3.12. The first-order valence-corrected chi connectivity index (χ1v) is 4.33. The molecule has 2 aromatic rings. The molecule has 7 heteroatoms. The van der Waals surface area contributed by atoms with Crippen molar-refractivity contribution in [3.63, 3.8) is 0 Å². The molecule has 1 N–H and O–H groups in total. The van der Waals surface area contributed by atoms with Crippen LogP contribution in [0.5, 0.6) is 5.88 Å². The molecule has 2 aromatic heterocycles. The van der Waals surface area contributed by atoms with Gasteiger partial charge in [0.15, 0.2) is 17.5 Å². The van der Waals surface area contributed by atoms with E-state index >= 15 is 0 Å². The molecule has 16 heavy (non-hydrogen) atoms. The molecule has 0 atom stereocenters. The molecule has 0 aromatic carbocycles. The van der Waals surface area contributed by atoms with Gasteiger partial charge in [0, 0.05) is 6.07 Å². The van der Waals surface area contributed by atoms with Crippen LogP contribution in [0, 0.1) is 10.1 Å². The summed E-state index contributed by atoms with van der Waals surface area (Å²) in [5, 5.41) is 10.8. The van der Waals surface area contributed by atoms with Gasteiger partial charge in [0.25, 0.3) is 0 Å². The van der Waals surface area contributed by atoms with Gasteiger partial charge < -0.3 is 9.72 Å². The minimum atomic E-state index is -0.644. The molecule has 0 aliphatic rings. The number of nitro groups is 1. The smallest absolute Gasteiger partial charge is 0.323 e. The predicted molar refractivity (Wildman–Crippen MR) is 54.7 cm³/mol. The third-order valence-electron chi connectivity index (χ3n) is 2.13. The molecule has 0 radical (unpaired) electrons. The summed E-state index contributed by atoms with van der Waals surface area (Å²) < 4.78 is 4.86. The zero-order valence-corrected chi connectivity index (χ0v) is 8.26. The molecule has 7 nitrogen and oxygen atoms in total. The standard InChI is InChI=1S/C9H7N3O4/c1-16-7-3-2-5-8(11-7)9(12(14)15)6(4-13)10-5/h2-4,10H,1H3. The molecule has 0 unspecified atom stereocenters. The van der Waals surface area contributed by atoms with Gasteiger partial charge in [-0.2, -0.15) is 0 Å². The third-order valence-corrected chi connectivity index (χ3v) is 2.13. The van der Waals surface area contributed by atoms with E-state index in [1.165, 1.54) is 7.11 Å². The number of carbonyl (C=O) groups is 1. The van der Waals surface area contributed by atoms with E-state index < -0.39 is 4.92 Å². The monoisotopic (exact) mass is 221 g/mol. The van der Waals surface area contributed by atoms with E-state index in [0.717, 1.165) is 0 Å². The van der Waals surface area contributed by atoms with Crippen molar-refractivity contribution < 1.29 is 14.5 Å². The second kappa shape index (κ2) is 3.61. The lowest BCUT2D eigenvalue weighted by atomic mass is 10.3. The van der Waals surface area contributed by atoms with Gasteiger partial charge in [0.1, 0.15) is 0 Å². The number of hydrogen-bond acceptors (Lipinski definition) is 5. The number of nitrogens with one attached hydrogen (secondary N) is 1. The molecule has 0 spiro atoms. The van der Waals surface area contributed by atoms with E-state index in [1.807, 2.05) is 0 Å². The SMILES string of the molecule is COc1ccc2[nH]c(C=O)c([N+](=O)[O-])c2n1. The zero-order chi connectivity index (χ0) is 11.7. The van der Waals surface area contributed by atoms with Crippen LogP contribution in [0.3, 0.4) is 0 Å².